The number of hydrogen-bond donors (Lipinski definition) is 2. The van der Waals surface area contributed by atoms with Crippen LogP contribution in [0, 0.1) is 11.3 Å². The van der Waals surface area contributed by atoms with E-state index in [4.69, 9.17) is 5.73 Å². The largest absolute Gasteiger partial charge is 0.368 e. The third-order valence-electron chi connectivity index (χ3n) is 4.99. The normalized spacial score (nSPS) is 23.8. The average Bonchev–Trinajstić information content (AvgIpc) is 2.82. The predicted molar refractivity (Wildman–Crippen MR) is 84.5 cm³/mol. The molecule has 0 aromatic heterocycles. The van der Waals surface area contributed by atoms with Crippen LogP contribution in [-0.4, -0.2) is 43.0 Å². The molecule has 0 aromatic carbocycles. The Morgan fingerprint density at radius 3 is 2.40 bits per heavy atom. The van der Waals surface area contributed by atoms with Gasteiger partial charge in [0.2, 0.25) is 5.91 Å². The van der Waals surface area contributed by atoms with Crippen molar-refractivity contribution in [2.75, 3.05) is 26.7 Å². The Labute approximate surface area is 124 Å². The fourth-order valence-corrected chi connectivity index (χ4v) is 2.93. The Morgan fingerprint density at radius 1 is 1.30 bits per heavy atom. The highest BCUT2D eigenvalue weighted by Gasteiger charge is 2.32. The molecule has 0 spiro atoms. The summed E-state index contributed by atoms with van der Waals surface area (Å²) >= 11 is 0. The number of likely N-dealkylation sites (N-methyl/N-ethyl adjacent to an activating group) is 1. The van der Waals surface area contributed by atoms with Crippen molar-refractivity contribution in [3.05, 3.63) is 0 Å². The van der Waals surface area contributed by atoms with E-state index in [1.807, 2.05) is 6.92 Å². The molecular weight excluding hydrogens is 250 g/mol. The van der Waals surface area contributed by atoms with E-state index in [0.717, 1.165) is 31.7 Å². The van der Waals surface area contributed by atoms with Gasteiger partial charge in [0.05, 0.1) is 5.54 Å². The Morgan fingerprint density at radius 2 is 1.95 bits per heavy atom. The van der Waals surface area contributed by atoms with Gasteiger partial charge in [0, 0.05) is 6.54 Å². The summed E-state index contributed by atoms with van der Waals surface area (Å²) in [5.74, 6) is 0.560. The Kier molecular flexibility index (Phi) is 6.02. The molecule has 1 amide bonds. The molecule has 1 aliphatic rings. The number of amides is 1. The molecule has 1 saturated heterocycles. The summed E-state index contributed by atoms with van der Waals surface area (Å²) in [5.41, 5.74) is 5.31. The summed E-state index contributed by atoms with van der Waals surface area (Å²) < 4.78 is 0. The number of nitrogens with one attached hydrogen (secondary N) is 1. The number of unbranched alkanes of at least 4 members (excludes halogenated alkanes) is 1. The third-order valence-corrected chi connectivity index (χ3v) is 4.99. The van der Waals surface area contributed by atoms with E-state index in [2.05, 4.69) is 31.0 Å². The molecule has 118 valence electrons. The number of hydrogen-bond acceptors (Lipinski definition) is 3. The minimum atomic E-state index is -0.557. The van der Waals surface area contributed by atoms with Gasteiger partial charge in [-0.25, -0.2) is 0 Å². The smallest absolute Gasteiger partial charge is 0.237 e. The van der Waals surface area contributed by atoms with Crippen molar-refractivity contribution in [1.29, 1.82) is 0 Å². The van der Waals surface area contributed by atoms with Crippen LogP contribution >= 0.6 is 0 Å². The van der Waals surface area contributed by atoms with Gasteiger partial charge < -0.3 is 16.0 Å². The molecule has 0 aliphatic carbocycles. The van der Waals surface area contributed by atoms with Crippen molar-refractivity contribution in [2.45, 2.75) is 58.9 Å². The minimum Gasteiger partial charge on any atom is -0.368 e. The van der Waals surface area contributed by atoms with Crippen molar-refractivity contribution >= 4 is 5.91 Å². The first-order chi connectivity index (χ1) is 9.19. The Bertz CT molecular complexity index is 324. The molecule has 2 atom stereocenters. The molecule has 4 nitrogen and oxygen atoms in total. The number of primary amides is 1. The van der Waals surface area contributed by atoms with Crippen molar-refractivity contribution in [3.63, 3.8) is 0 Å². The lowest BCUT2D eigenvalue weighted by Crippen LogP contribution is -2.51. The van der Waals surface area contributed by atoms with Gasteiger partial charge in [0.15, 0.2) is 0 Å². The van der Waals surface area contributed by atoms with Gasteiger partial charge in [-0.2, -0.15) is 0 Å². The van der Waals surface area contributed by atoms with E-state index in [1.54, 1.807) is 7.05 Å². The number of rotatable bonds is 7. The van der Waals surface area contributed by atoms with Crippen LogP contribution in [0.1, 0.15) is 53.4 Å². The van der Waals surface area contributed by atoms with Crippen LogP contribution in [0.25, 0.3) is 0 Å². The van der Waals surface area contributed by atoms with Crippen molar-refractivity contribution in [1.82, 2.24) is 10.2 Å². The summed E-state index contributed by atoms with van der Waals surface area (Å²) in [7, 11) is 1.80. The van der Waals surface area contributed by atoms with Gasteiger partial charge in [-0.15, -0.1) is 0 Å². The highest BCUT2D eigenvalue weighted by atomic mass is 16.1. The number of likely N-dealkylation sites (tertiary alicyclic amines) is 1. The first-order valence-electron chi connectivity index (χ1n) is 7.90. The third kappa shape index (κ3) is 4.74. The van der Waals surface area contributed by atoms with E-state index >= 15 is 0 Å². The van der Waals surface area contributed by atoms with Crippen molar-refractivity contribution < 1.29 is 4.79 Å². The highest BCUT2D eigenvalue weighted by Crippen LogP contribution is 2.33. The van der Waals surface area contributed by atoms with Gasteiger partial charge >= 0.3 is 0 Å². The molecular formula is C16H33N3O. The van der Waals surface area contributed by atoms with Crippen LogP contribution in [0.5, 0.6) is 0 Å². The van der Waals surface area contributed by atoms with Gasteiger partial charge in [0.1, 0.15) is 0 Å². The molecule has 0 saturated carbocycles. The predicted octanol–water partition coefficient (Wildman–Crippen LogP) is 1.99. The molecule has 20 heavy (non-hydrogen) atoms. The standard InChI is InChI=1S/C16H33N3O/c1-15(2,3)13-8-11-19(12-13)10-7-6-9-16(4,18-5)14(17)20/h13,18H,6-12H2,1-5H3,(H2,17,20). The summed E-state index contributed by atoms with van der Waals surface area (Å²) in [6, 6.07) is 0. The summed E-state index contributed by atoms with van der Waals surface area (Å²) in [5, 5.41) is 3.05. The number of carbonyl (C=O) groups is 1. The number of carbonyl (C=O) groups excluding carboxylic acids is 1. The van der Waals surface area contributed by atoms with Crippen molar-refractivity contribution in [2.24, 2.45) is 17.1 Å². The maximum atomic E-state index is 11.4. The first kappa shape index (κ1) is 17.4. The highest BCUT2D eigenvalue weighted by molar-refractivity contribution is 5.84. The van der Waals surface area contributed by atoms with Gasteiger partial charge in [0.25, 0.3) is 0 Å². The summed E-state index contributed by atoms with van der Waals surface area (Å²) in [4.78, 5) is 14.0. The topological polar surface area (TPSA) is 58.4 Å². The Balaban J connectivity index is 2.25. The van der Waals surface area contributed by atoms with Crippen LogP contribution in [0.3, 0.4) is 0 Å². The quantitative estimate of drug-likeness (QED) is 0.703. The molecule has 1 rings (SSSR count). The number of nitrogens with zero attached hydrogens (tertiary/aromatic N) is 1. The van der Waals surface area contributed by atoms with Gasteiger partial charge in [-0.3, -0.25) is 4.79 Å². The molecule has 2 unspecified atom stereocenters. The van der Waals surface area contributed by atoms with Crippen LogP contribution in [-0.2, 0) is 4.79 Å². The van der Waals surface area contributed by atoms with E-state index in [9.17, 15) is 4.79 Å². The molecule has 1 fully saturated rings. The first-order valence-corrected chi connectivity index (χ1v) is 7.90. The monoisotopic (exact) mass is 283 g/mol. The van der Waals surface area contributed by atoms with E-state index in [1.165, 1.54) is 19.5 Å². The zero-order valence-electron chi connectivity index (χ0n) is 14.0. The maximum Gasteiger partial charge on any atom is 0.237 e. The van der Waals surface area contributed by atoms with Gasteiger partial charge in [-0.05, 0) is 64.1 Å². The molecule has 3 N–H and O–H groups in total. The lowest BCUT2D eigenvalue weighted by atomic mass is 9.80. The fourth-order valence-electron chi connectivity index (χ4n) is 2.93. The van der Waals surface area contributed by atoms with Crippen LogP contribution in [0.15, 0.2) is 0 Å². The minimum absolute atomic E-state index is 0.256. The second-order valence-corrected chi connectivity index (χ2v) is 7.56. The molecule has 0 aromatic rings. The van der Waals surface area contributed by atoms with Crippen LogP contribution in [0.2, 0.25) is 0 Å². The zero-order chi connectivity index (χ0) is 15.4. The SMILES string of the molecule is CNC(C)(CCCCN1CCC(C(C)(C)C)C1)C(N)=O. The molecule has 0 bridgehead atoms. The van der Waals surface area contributed by atoms with Gasteiger partial charge in [-0.1, -0.05) is 20.8 Å². The maximum absolute atomic E-state index is 11.4. The fraction of sp³-hybridized carbons (Fsp3) is 0.938. The van der Waals surface area contributed by atoms with E-state index < -0.39 is 5.54 Å². The van der Waals surface area contributed by atoms with Crippen LogP contribution in [0.4, 0.5) is 0 Å². The Hall–Kier alpha value is -0.610. The van der Waals surface area contributed by atoms with Crippen LogP contribution < -0.4 is 11.1 Å². The average molecular weight is 283 g/mol. The van der Waals surface area contributed by atoms with E-state index in [0.29, 0.717) is 5.41 Å². The lowest BCUT2D eigenvalue weighted by Gasteiger charge is -2.27. The molecule has 1 heterocycles. The number of nitrogens with two attached hydrogens (primary N) is 1. The second kappa shape index (κ2) is 6.90. The summed E-state index contributed by atoms with van der Waals surface area (Å²) in [6.45, 7) is 12.5. The van der Waals surface area contributed by atoms with E-state index in [-0.39, 0.29) is 5.91 Å². The zero-order valence-corrected chi connectivity index (χ0v) is 14.0. The molecule has 0 radical (unpaired) electrons. The van der Waals surface area contributed by atoms with Crippen molar-refractivity contribution in [3.8, 4) is 0 Å². The second-order valence-electron chi connectivity index (χ2n) is 7.56. The summed E-state index contributed by atoms with van der Waals surface area (Å²) in [6.07, 6.45) is 4.31. The lowest BCUT2D eigenvalue weighted by molar-refractivity contribution is -0.123. The molecule has 4 heteroatoms. The molecule has 1 aliphatic heterocycles.